The Morgan fingerprint density at radius 3 is 2.54 bits per heavy atom. The zero-order valence-corrected chi connectivity index (χ0v) is 15.9. The smallest absolute Gasteiger partial charge is 0.387 e. The summed E-state index contributed by atoms with van der Waals surface area (Å²) >= 11 is 6.03. The number of alkyl halides is 2. The summed E-state index contributed by atoms with van der Waals surface area (Å²) < 4.78 is 39.3. The molecule has 0 saturated carbocycles. The van der Waals surface area contributed by atoms with Crippen LogP contribution in [0, 0.1) is 6.92 Å². The number of benzene rings is 2. The van der Waals surface area contributed by atoms with Crippen molar-refractivity contribution >= 4 is 29.2 Å². The number of hydrogen-bond acceptors (Lipinski definition) is 5. The molecule has 28 heavy (non-hydrogen) atoms. The number of anilines is 1. The van der Waals surface area contributed by atoms with Crippen LogP contribution < -0.4 is 14.8 Å². The van der Waals surface area contributed by atoms with Gasteiger partial charge in [-0.1, -0.05) is 17.7 Å². The second kappa shape index (κ2) is 9.89. The number of carbonyl (C=O) groups is 2. The van der Waals surface area contributed by atoms with Gasteiger partial charge in [-0.3, -0.25) is 4.79 Å². The lowest BCUT2D eigenvalue weighted by atomic mass is 10.2. The van der Waals surface area contributed by atoms with Crippen LogP contribution in [-0.4, -0.2) is 31.7 Å². The number of hydrogen-bond donors (Lipinski definition) is 1. The predicted octanol–water partition coefficient (Wildman–Crippen LogP) is 4.44. The molecule has 0 aromatic heterocycles. The number of ether oxygens (including phenoxy) is 3. The SMILES string of the molecule is CCOc1cc(C(=O)OCC(=O)Nc2ccc(C)cc2Cl)ccc1OC(F)F. The third-order valence-corrected chi connectivity index (χ3v) is 3.74. The van der Waals surface area contributed by atoms with Crippen molar-refractivity contribution in [3.63, 3.8) is 0 Å². The monoisotopic (exact) mass is 413 g/mol. The second-order valence-electron chi connectivity index (χ2n) is 5.58. The van der Waals surface area contributed by atoms with E-state index in [-0.39, 0.29) is 23.7 Å². The summed E-state index contributed by atoms with van der Waals surface area (Å²) in [4.78, 5) is 24.1. The molecule has 0 aliphatic heterocycles. The topological polar surface area (TPSA) is 73.9 Å². The van der Waals surface area contributed by atoms with Crippen LogP contribution in [0.1, 0.15) is 22.8 Å². The molecule has 0 radical (unpaired) electrons. The minimum absolute atomic E-state index is 0.0197. The zero-order chi connectivity index (χ0) is 20.7. The summed E-state index contributed by atoms with van der Waals surface area (Å²) in [5.74, 6) is -1.65. The standard InChI is InChI=1S/C19H18ClF2NO5/c1-3-26-16-9-12(5-7-15(16)28-19(21)22)18(25)27-10-17(24)23-14-6-4-11(2)8-13(14)20/h4-9,19H,3,10H2,1-2H3,(H,23,24). The molecule has 2 aromatic carbocycles. The summed E-state index contributed by atoms with van der Waals surface area (Å²) in [6, 6.07) is 8.69. The summed E-state index contributed by atoms with van der Waals surface area (Å²) in [7, 11) is 0. The van der Waals surface area contributed by atoms with Gasteiger partial charge in [-0.05, 0) is 49.7 Å². The summed E-state index contributed by atoms with van der Waals surface area (Å²) in [5.41, 5.74) is 1.34. The van der Waals surface area contributed by atoms with Crippen LogP contribution in [-0.2, 0) is 9.53 Å². The number of rotatable bonds is 8. The molecule has 0 heterocycles. The molecule has 0 bridgehead atoms. The Morgan fingerprint density at radius 1 is 1.14 bits per heavy atom. The van der Waals surface area contributed by atoms with Crippen LogP contribution in [0.15, 0.2) is 36.4 Å². The predicted molar refractivity (Wildman–Crippen MR) is 99.3 cm³/mol. The van der Waals surface area contributed by atoms with Crippen LogP contribution in [0.25, 0.3) is 0 Å². The molecule has 2 rings (SSSR count). The number of nitrogens with one attached hydrogen (secondary N) is 1. The molecule has 1 N–H and O–H groups in total. The van der Waals surface area contributed by atoms with Gasteiger partial charge in [-0.2, -0.15) is 8.78 Å². The van der Waals surface area contributed by atoms with Gasteiger partial charge in [0.1, 0.15) is 0 Å². The fourth-order valence-corrected chi connectivity index (χ4v) is 2.50. The average Bonchev–Trinajstić information content (AvgIpc) is 2.63. The van der Waals surface area contributed by atoms with Gasteiger partial charge in [-0.15, -0.1) is 0 Å². The Morgan fingerprint density at radius 2 is 1.89 bits per heavy atom. The van der Waals surface area contributed by atoms with Gasteiger partial charge in [-0.25, -0.2) is 4.79 Å². The van der Waals surface area contributed by atoms with Gasteiger partial charge in [0.15, 0.2) is 18.1 Å². The summed E-state index contributed by atoms with van der Waals surface area (Å²) in [5, 5.41) is 2.89. The third kappa shape index (κ3) is 6.09. The van der Waals surface area contributed by atoms with E-state index in [0.717, 1.165) is 5.56 Å². The highest BCUT2D eigenvalue weighted by molar-refractivity contribution is 6.33. The van der Waals surface area contributed by atoms with Crippen LogP contribution in [0.2, 0.25) is 5.02 Å². The molecular formula is C19H18ClF2NO5. The Balaban J connectivity index is 1.99. The van der Waals surface area contributed by atoms with Gasteiger partial charge in [0, 0.05) is 0 Å². The Bertz CT molecular complexity index is 860. The van der Waals surface area contributed by atoms with E-state index in [2.05, 4.69) is 10.1 Å². The van der Waals surface area contributed by atoms with Crippen molar-refractivity contribution in [2.24, 2.45) is 0 Å². The lowest BCUT2D eigenvalue weighted by Crippen LogP contribution is -2.21. The number of esters is 1. The normalized spacial score (nSPS) is 10.5. The summed E-state index contributed by atoms with van der Waals surface area (Å²) in [6.07, 6.45) is 0. The van der Waals surface area contributed by atoms with E-state index in [0.29, 0.717) is 10.7 Å². The molecule has 2 aromatic rings. The molecule has 0 unspecified atom stereocenters. The number of aryl methyl sites for hydroxylation is 1. The first-order valence-corrected chi connectivity index (χ1v) is 8.62. The first-order chi connectivity index (χ1) is 13.3. The van der Waals surface area contributed by atoms with Crippen molar-refractivity contribution in [1.29, 1.82) is 0 Å². The lowest BCUT2D eigenvalue weighted by Gasteiger charge is -2.12. The van der Waals surface area contributed by atoms with Gasteiger partial charge in [0.05, 0.1) is 22.9 Å². The van der Waals surface area contributed by atoms with Gasteiger partial charge < -0.3 is 19.5 Å². The Kier molecular flexibility index (Phi) is 7.57. The second-order valence-corrected chi connectivity index (χ2v) is 5.99. The van der Waals surface area contributed by atoms with Crippen molar-refractivity contribution < 1.29 is 32.6 Å². The molecule has 0 aliphatic carbocycles. The maximum atomic E-state index is 12.4. The van der Waals surface area contributed by atoms with Crippen LogP contribution in [0.5, 0.6) is 11.5 Å². The molecule has 1 amide bonds. The van der Waals surface area contributed by atoms with Crippen molar-refractivity contribution in [3.8, 4) is 11.5 Å². The molecule has 150 valence electrons. The van der Waals surface area contributed by atoms with Crippen LogP contribution in [0.4, 0.5) is 14.5 Å². The quantitative estimate of drug-likeness (QED) is 0.647. The van der Waals surface area contributed by atoms with Gasteiger partial charge >= 0.3 is 12.6 Å². The Labute approximate surface area is 165 Å². The minimum Gasteiger partial charge on any atom is -0.490 e. The van der Waals surface area contributed by atoms with E-state index in [1.807, 2.05) is 6.92 Å². The number of amides is 1. The van der Waals surface area contributed by atoms with E-state index in [4.69, 9.17) is 21.1 Å². The fourth-order valence-electron chi connectivity index (χ4n) is 2.22. The van der Waals surface area contributed by atoms with Crippen LogP contribution in [0.3, 0.4) is 0 Å². The van der Waals surface area contributed by atoms with Gasteiger partial charge in [0.2, 0.25) is 0 Å². The maximum Gasteiger partial charge on any atom is 0.387 e. The molecule has 0 aliphatic rings. The first kappa shape index (κ1) is 21.4. The molecule has 0 spiro atoms. The highest BCUT2D eigenvalue weighted by Gasteiger charge is 2.16. The largest absolute Gasteiger partial charge is 0.490 e. The zero-order valence-electron chi connectivity index (χ0n) is 15.1. The van der Waals surface area contributed by atoms with E-state index in [1.54, 1.807) is 25.1 Å². The van der Waals surface area contributed by atoms with Gasteiger partial charge in [0.25, 0.3) is 5.91 Å². The van der Waals surface area contributed by atoms with Crippen molar-refractivity contribution in [2.45, 2.75) is 20.5 Å². The third-order valence-electron chi connectivity index (χ3n) is 3.43. The van der Waals surface area contributed by atoms with E-state index >= 15 is 0 Å². The van der Waals surface area contributed by atoms with Crippen molar-refractivity contribution in [1.82, 2.24) is 0 Å². The molecular weight excluding hydrogens is 396 g/mol. The maximum absolute atomic E-state index is 12.4. The fraction of sp³-hybridized carbons (Fsp3) is 0.263. The Hall–Kier alpha value is -2.87. The van der Waals surface area contributed by atoms with Crippen molar-refractivity contribution in [2.75, 3.05) is 18.5 Å². The van der Waals surface area contributed by atoms with Crippen LogP contribution >= 0.6 is 11.6 Å². The lowest BCUT2D eigenvalue weighted by molar-refractivity contribution is -0.119. The number of halogens is 3. The molecule has 0 fully saturated rings. The van der Waals surface area contributed by atoms with E-state index in [1.165, 1.54) is 18.2 Å². The first-order valence-electron chi connectivity index (χ1n) is 8.25. The molecule has 6 nitrogen and oxygen atoms in total. The summed E-state index contributed by atoms with van der Waals surface area (Å²) in [6.45, 7) is 0.0971. The van der Waals surface area contributed by atoms with E-state index < -0.39 is 25.1 Å². The molecule has 0 saturated heterocycles. The highest BCUT2D eigenvalue weighted by Crippen LogP contribution is 2.30. The van der Waals surface area contributed by atoms with E-state index in [9.17, 15) is 18.4 Å². The van der Waals surface area contributed by atoms with Crippen molar-refractivity contribution in [3.05, 3.63) is 52.5 Å². The minimum atomic E-state index is -3.03. The highest BCUT2D eigenvalue weighted by atomic mass is 35.5. The molecule has 0 atom stereocenters. The average molecular weight is 414 g/mol. The number of carbonyl (C=O) groups excluding carboxylic acids is 2. The molecule has 9 heteroatoms.